The molecule has 0 fully saturated rings. The maximum absolute atomic E-state index is 12.4. The summed E-state index contributed by atoms with van der Waals surface area (Å²) in [6, 6.07) is 12.2. The van der Waals surface area contributed by atoms with Gasteiger partial charge in [0.1, 0.15) is 0 Å². The first-order valence-electron chi connectivity index (χ1n) is 8.21. The molecule has 0 atom stereocenters. The van der Waals surface area contributed by atoms with Crippen molar-refractivity contribution in [3.05, 3.63) is 58.7 Å². The molecule has 24 heavy (non-hydrogen) atoms. The highest BCUT2D eigenvalue weighted by Gasteiger charge is 2.15. The van der Waals surface area contributed by atoms with Crippen LogP contribution >= 0.6 is 0 Å². The molecule has 126 valence electrons. The van der Waals surface area contributed by atoms with Crippen LogP contribution in [0.15, 0.2) is 36.4 Å². The Labute approximate surface area is 143 Å². The molecule has 0 bridgehead atoms. The second kappa shape index (κ2) is 6.95. The Bertz CT molecular complexity index is 755. The van der Waals surface area contributed by atoms with Crippen LogP contribution in [0.25, 0.3) is 0 Å². The number of hydrogen-bond acceptors (Lipinski definition) is 3. The molecule has 4 heteroatoms. The Morgan fingerprint density at radius 3 is 2.67 bits per heavy atom. The number of nitrogens with zero attached hydrogens (tertiary/aromatic N) is 1. The van der Waals surface area contributed by atoms with E-state index >= 15 is 0 Å². The molecule has 0 spiro atoms. The van der Waals surface area contributed by atoms with E-state index in [9.17, 15) is 4.79 Å². The van der Waals surface area contributed by atoms with Gasteiger partial charge in [-0.05, 0) is 49.1 Å². The number of benzene rings is 2. The predicted molar refractivity (Wildman–Crippen MR) is 93.3 cm³/mol. The van der Waals surface area contributed by atoms with Gasteiger partial charge >= 0.3 is 0 Å². The van der Waals surface area contributed by atoms with Gasteiger partial charge < -0.3 is 14.4 Å². The van der Waals surface area contributed by atoms with E-state index in [-0.39, 0.29) is 12.7 Å². The second-order valence-electron chi connectivity index (χ2n) is 6.37. The number of rotatable bonds is 5. The lowest BCUT2D eigenvalue weighted by Gasteiger charge is -2.18. The van der Waals surface area contributed by atoms with Crippen LogP contribution < -0.4 is 9.47 Å². The molecule has 1 aliphatic heterocycles. The van der Waals surface area contributed by atoms with E-state index in [0.29, 0.717) is 13.0 Å². The summed E-state index contributed by atoms with van der Waals surface area (Å²) in [6.07, 6.45) is 1.29. The van der Waals surface area contributed by atoms with Gasteiger partial charge in [0, 0.05) is 20.0 Å². The fourth-order valence-electron chi connectivity index (χ4n) is 2.96. The molecule has 2 aromatic rings. The van der Waals surface area contributed by atoms with Gasteiger partial charge in [-0.15, -0.1) is 0 Å². The Balaban J connectivity index is 1.56. The lowest BCUT2D eigenvalue weighted by molar-refractivity contribution is -0.130. The molecule has 3 rings (SSSR count). The van der Waals surface area contributed by atoms with Crippen molar-refractivity contribution >= 4 is 5.91 Å². The summed E-state index contributed by atoms with van der Waals surface area (Å²) in [6.45, 7) is 5.02. The molecule has 0 saturated heterocycles. The van der Waals surface area contributed by atoms with Crippen LogP contribution in [-0.4, -0.2) is 24.6 Å². The Morgan fingerprint density at radius 1 is 1.08 bits per heavy atom. The molecule has 0 aliphatic carbocycles. The number of amides is 1. The maximum Gasteiger partial charge on any atom is 0.231 e. The minimum absolute atomic E-state index is 0.146. The van der Waals surface area contributed by atoms with Gasteiger partial charge in [0.25, 0.3) is 0 Å². The summed E-state index contributed by atoms with van der Waals surface area (Å²) in [5.41, 5.74) is 4.79. The summed E-state index contributed by atoms with van der Waals surface area (Å²) in [5, 5.41) is 0. The highest BCUT2D eigenvalue weighted by atomic mass is 16.7. The zero-order valence-electron chi connectivity index (χ0n) is 14.5. The van der Waals surface area contributed by atoms with Gasteiger partial charge in [-0.25, -0.2) is 0 Å². The Hall–Kier alpha value is -2.49. The lowest BCUT2D eigenvalue weighted by atomic mass is 10.0. The van der Waals surface area contributed by atoms with Crippen molar-refractivity contribution in [2.75, 3.05) is 13.8 Å². The van der Waals surface area contributed by atoms with Gasteiger partial charge in [-0.3, -0.25) is 4.79 Å². The summed E-state index contributed by atoms with van der Waals surface area (Å²) in [7, 11) is 1.84. The van der Waals surface area contributed by atoms with Crippen LogP contribution in [0.2, 0.25) is 0 Å². The Morgan fingerprint density at radius 2 is 1.88 bits per heavy atom. The normalized spacial score (nSPS) is 12.3. The minimum atomic E-state index is 0.146. The highest BCUT2D eigenvalue weighted by molar-refractivity contribution is 5.76. The number of carbonyl (C=O) groups is 1. The molecule has 1 heterocycles. The van der Waals surface area contributed by atoms with Crippen LogP contribution in [0.3, 0.4) is 0 Å². The molecule has 1 aliphatic rings. The summed E-state index contributed by atoms with van der Waals surface area (Å²) < 4.78 is 10.7. The predicted octanol–water partition coefficient (Wildman–Crippen LogP) is 3.62. The second-order valence-corrected chi connectivity index (χ2v) is 6.37. The van der Waals surface area contributed by atoms with Gasteiger partial charge in [-0.2, -0.15) is 0 Å². The average Bonchev–Trinajstić information content (AvgIpc) is 3.01. The quantitative estimate of drug-likeness (QED) is 0.843. The van der Waals surface area contributed by atoms with E-state index < -0.39 is 0 Å². The monoisotopic (exact) mass is 325 g/mol. The van der Waals surface area contributed by atoms with Gasteiger partial charge in [-0.1, -0.05) is 29.8 Å². The van der Waals surface area contributed by atoms with Gasteiger partial charge in [0.2, 0.25) is 12.7 Å². The van der Waals surface area contributed by atoms with E-state index in [2.05, 4.69) is 32.0 Å². The van der Waals surface area contributed by atoms with E-state index in [1.165, 1.54) is 16.7 Å². The van der Waals surface area contributed by atoms with Crippen LogP contribution in [0.1, 0.15) is 28.7 Å². The van der Waals surface area contributed by atoms with Crippen LogP contribution in [0, 0.1) is 13.8 Å². The van der Waals surface area contributed by atoms with E-state index in [1.54, 1.807) is 4.90 Å². The molecular formula is C20H23NO3. The maximum atomic E-state index is 12.4. The number of ether oxygens (including phenoxy) is 2. The van der Waals surface area contributed by atoms with E-state index in [0.717, 1.165) is 23.5 Å². The third kappa shape index (κ3) is 3.70. The van der Waals surface area contributed by atoms with Crippen LogP contribution in [-0.2, 0) is 17.8 Å². The first kappa shape index (κ1) is 16.4. The fourth-order valence-corrected chi connectivity index (χ4v) is 2.96. The highest BCUT2D eigenvalue weighted by Crippen LogP contribution is 2.32. The average molecular weight is 325 g/mol. The molecule has 0 N–H and O–H groups in total. The molecule has 4 nitrogen and oxygen atoms in total. The first-order valence-corrected chi connectivity index (χ1v) is 8.21. The molecule has 0 saturated carbocycles. The third-order valence-electron chi connectivity index (χ3n) is 4.39. The topological polar surface area (TPSA) is 38.8 Å². The van der Waals surface area contributed by atoms with Crippen molar-refractivity contribution in [2.45, 2.75) is 33.2 Å². The molecular weight excluding hydrogens is 302 g/mol. The van der Waals surface area contributed by atoms with Crippen molar-refractivity contribution in [3.8, 4) is 11.5 Å². The molecule has 2 aromatic carbocycles. The van der Waals surface area contributed by atoms with E-state index in [1.807, 2.05) is 25.2 Å². The zero-order chi connectivity index (χ0) is 17.1. The third-order valence-corrected chi connectivity index (χ3v) is 4.39. The lowest BCUT2D eigenvalue weighted by Crippen LogP contribution is -2.26. The van der Waals surface area contributed by atoms with Crippen molar-refractivity contribution < 1.29 is 14.3 Å². The summed E-state index contributed by atoms with van der Waals surface area (Å²) >= 11 is 0. The van der Waals surface area contributed by atoms with Crippen molar-refractivity contribution in [1.82, 2.24) is 4.90 Å². The summed E-state index contributed by atoms with van der Waals surface area (Å²) in [5.74, 6) is 1.67. The van der Waals surface area contributed by atoms with E-state index in [4.69, 9.17) is 9.47 Å². The fraction of sp³-hybridized carbons (Fsp3) is 0.350. The number of fused-ring (bicyclic) bond motifs is 1. The van der Waals surface area contributed by atoms with Crippen molar-refractivity contribution in [2.24, 2.45) is 0 Å². The smallest absolute Gasteiger partial charge is 0.231 e. The van der Waals surface area contributed by atoms with Gasteiger partial charge in [0.15, 0.2) is 11.5 Å². The standard InChI is InChI=1S/C20H23NO3/c1-14-4-6-17(15(2)10-14)7-9-20(22)21(3)12-16-5-8-18-19(11-16)24-13-23-18/h4-6,8,10-11H,7,9,12-13H2,1-3H3. The molecule has 0 aromatic heterocycles. The molecule has 1 amide bonds. The van der Waals surface area contributed by atoms with Crippen LogP contribution in [0.4, 0.5) is 0 Å². The number of carbonyl (C=O) groups excluding carboxylic acids is 1. The largest absolute Gasteiger partial charge is 0.454 e. The SMILES string of the molecule is Cc1ccc(CCC(=O)N(C)Cc2ccc3c(c2)OCO3)c(C)c1. The molecule has 0 radical (unpaired) electrons. The molecule has 0 unspecified atom stereocenters. The number of aryl methyl sites for hydroxylation is 3. The van der Waals surface area contributed by atoms with Crippen molar-refractivity contribution in [1.29, 1.82) is 0 Å². The number of hydrogen-bond donors (Lipinski definition) is 0. The van der Waals surface area contributed by atoms with Crippen molar-refractivity contribution in [3.63, 3.8) is 0 Å². The first-order chi connectivity index (χ1) is 11.5. The Kier molecular flexibility index (Phi) is 4.74. The van der Waals surface area contributed by atoms with Gasteiger partial charge in [0.05, 0.1) is 0 Å². The van der Waals surface area contributed by atoms with Crippen LogP contribution in [0.5, 0.6) is 11.5 Å². The summed E-state index contributed by atoms with van der Waals surface area (Å²) in [4.78, 5) is 14.2. The zero-order valence-corrected chi connectivity index (χ0v) is 14.5. The minimum Gasteiger partial charge on any atom is -0.454 e.